The zero-order valence-electron chi connectivity index (χ0n) is 5.74. The molecule has 0 aliphatic carbocycles. The Hall–Kier alpha value is -1.32. The number of aldehydes is 1. The van der Waals surface area contributed by atoms with Gasteiger partial charge in [-0.1, -0.05) is 0 Å². The standard InChI is InChI=1S/C6H9N3O/c1-9-4-2-6(8-9)7-3-5-10/h2,4-5H,3H2,1H3,(H,7,8). The van der Waals surface area contributed by atoms with Gasteiger partial charge in [0.2, 0.25) is 0 Å². The van der Waals surface area contributed by atoms with E-state index in [0.717, 1.165) is 12.1 Å². The van der Waals surface area contributed by atoms with Crippen LogP contribution in [0.15, 0.2) is 12.3 Å². The van der Waals surface area contributed by atoms with Crippen LogP contribution < -0.4 is 5.32 Å². The van der Waals surface area contributed by atoms with Crippen LogP contribution in [0.5, 0.6) is 0 Å². The molecule has 0 amide bonds. The van der Waals surface area contributed by atoms with Gasteiger partial charge in [0.1, 0.15) is 12.1 Å². The molecule has 54 valence electrons. The molecule has 1 aromatic rings. The zero-order valence-corrected chi connectivity index (χ0v) is 5.74. The lowest BCUT2D eigenvalue weighted by Crippen LogP contribution is -2.02. The van der Waals surface area contributed by atoms with Gasteiger partial charge in [-0.15, -0.1) is 0 Å². The van der Waals surface area contributed by atoms with Gasteiger partial charge in [0.05, 0.1) is 6.54 Å². The summed E-state index contributed by atoms with van der Waals surface area (Å²) in [4.78, 5) is 9.89. The number of rotatable bonds is 3. The number of hydrogen-bond acceptors (Lipinski definition) is 3. The van der Waals surface area contributed by atoms with Crippen LogP contribution in [0, 0.1) is 0 Å². The molecule has 1 rings (SSSR count). The summed E-state index contributed by atoms with van der Waals surface area (Å²) in [6.45, 7) is 0.316. The Bertz CT molecular complexity index is 219. The summed E-state index contributed by atoms with van der Waals surface area (Å²) in [5, 5.41) is 6.81. The highest BCUT2D eigenvalue weighted by Crippen LogP contribution is 1.98. The minimum atomic E-state index is 0.316. The van der Waals surface area contributed by atoms with Crippen LogP contribution in [0.1, 0.15) is 0 Å². The van der Waals surface area contributed by atoms with E-state index in [1.54, 1.807) is 4.68 Å². The molecule has 4 nitrogen and oxygen atoms in total. The van der Waals surface area contributed by atoms with Gasteiger partial charge in [-0.3, -0.25) is 4.68 Å². The summed E-state index contributed by atoms with van der Waals surface area (Å²) in [5.41, 5.74) is 0. The summed E-state index contributed by atoms with van der Waals surface area (Å²) in [6.07, 6.45) is 2.61. The van der Waals surface area contributed by atoms with Crippen molar-refractivity contribution >= 4 is 12.1 Å². The van der Waals surface area contributed by atoms with E-state index >= 15 is 0 Å². The van der Waals surface area contributed by atoms with Gasteiger partial charge in [0.15, 0.2) is 0 Å². The summed E-state index contributed by atoms with van der Waals surface area (Å²) in [7, 11) is 1.83. The normalized spacial score (nSPS) is 9.30. The predicted molar refractivity (Wildman–Crippen MR) is 37.8 cm³/mol. The molecule has 0 saturated carbocycles. The van der Waals surface area contributed by atoms with Gasteiger partial charge in [-0.05, 0) is 0 Å². The topological polar surface area (TPSA) is 46.9 Å². The summed E-state index contributed by atoms with van der Waals surface area (Å²) in [5.74, 6) is 0.731. The molecule has 4 heteroatoms. The molecule has 0 atom stereocenters. The molecular weight excluding hydrogens is 130 g/mol. The van der Waals surface area contributed by atoms with E-state index < -0.39 is 0 Å². The van der Waals surface area contributed by atoms with Gasteiger partial charge < -0.3 is 10.1 Å². The van der Waals surface area contributed by atoms with Crippen LogP contribution in [-0.4, -0.2) is 22.6 Å². The van der Waals surface area contributed by atoms with Crippen LogP contribution in [0.3, 0.4) is 0 Å². The van der Waals surface area contributed by atoms with Gasteiger partial charge >= 0.3 is 0 Å². The molecule has 0 unspecified atom stereocenters. The third-order valence-corrected chi connectivity index (χ3v) is 1.08. The number of aryl methyl sites for hydroxylation is 1. The predicted octanol–water partition coefficient (Wildman–Crippen LogP) is 0.0309. The Morgan fingerprint density at radius 2 is 2.70 bits per heavy atom. The second-order valence-corrected chi connectivity index (χ2v) is 1.92. The lowest BCUT2D eigenvalue weighted by Gasteiger charge is -1.92. The van der Waals surface area contributed by atoms with Gasteiger partial charge in [0.25, 0.3) is 0 Å². The second-order valence-electron chi connectivity index (χ2n) is 1.92. The summed E-state index contributed by atoms with van der Waals surface area (Å²) in [6, 6.07) is 1.81. The minimum absolute atomic E-state index is 0.316. The summed E-state index contributed by atoms with van der Waals surface area (Å²) >= 11 is 0. The number of nitrogens with zero attached hydrogens (tertiary/aromatic N) is 2. The molecule has 0 spiro atoms. The van der Waals surface area contributed by atoms with E-state index in [1.807, 2.05) is 19.3 Å². The Labute approximate surface area is 58.8 Å². The SMILES string of the molecule is Cn1ccc(NCC=O)n1. The van der Waals surface area contributed by atoms with Crippen molar-refractivity contribution < 1.29 is 4.79 Å². The van der Waals surface area contributed by atoms with Crippen LogP contribution in [-0.2, 0) is 11.8 Å². The van der Waals surface area contributed by atoms with Crippen molar-refractivity contribution in [2.75, 3.05) is 11.9 Å². The van der Waals surface area contributed by atoms with Crippen molar-refractivity contribution in [1.29, 1.82) is 0 Å². The fourth-order valence-electron chi connectivity index (χ4n) is 0.656. The highest BCUT2D eigenvalue weighted by Gasteiger charge is 1.91. The van der Waals surface area contributed by atoms with Crippen LogP contribution >= 0.6 is 0 Å². The van der Waals surface area contributed by atoms with E-state index in [-0.39, 0.29) is 0 Å². The Morgan fingerprint density at radius 1 is 1.90 bits per heavy atom. The van der Waals surface area contributed by atoms with E-state index in [0.29, 0.717) is 6.54 Å². The molecular formula is C6H9N3O. The number of carbonyl (C=O) groups is 1. The number of carbonyl (C=O) groups excluding carboxylic acids is 1. The zero-order chi connectivity index (χ0) is 7.40. The maximum atomic E-state index is 9.89. The first-order valence-corrected chi connectivity index (χ1v) is 3.00. The number of hydrogen-bond donors (Lipinski definition) is 1. The first-order valence-electron chi connectivity index (χ1n) is 3.00. The van der Waals surface area contributed by atoms with Crippen molar-refractivity contribution in [1.82, 2.24) is 9.78 Å². The third kappa shape index (κ3) is 1.58. The van der Waals surface area contributed by atoms with E-state index in [9.17, 15) is 4.79 Å². The smallest absolute Gasteiger partial charge is 0.148 e. The van der Waals surface area contributed by atoms with E-state index in [4.69, 9.17) is 0 Å². The first kappa shape index (κ1) is 6.80. The van der Waals surface area contributed by atoms with E-state index in [1.165, 1.54) is 0 Å². The van der Waals surface area contributed by atoms with Crippen molar-refractivity contribution in [3.05, 3.63) is 12.3 Å². The Morgan fingerprint density at radius 3 is 3.20 bits per heavy atom. The van der Waals surface area contributed by atoms with E-state index in [2.05, 4.69) is 10.4 Å². The molecule has 0 radical (unpaired) electrons. The number of aromatic nitrogens is 2. The van der Waals surface area contributed by atoms with Crippen molar-refractivity contribution in [2.24, 2.45) is 7.05 Å². The Balaban J connectivity index is 2.49. The van der Waals surface area contributed by atoms with Crippen LogP contribution in [0.4, 0.5) is 5.82 Å². The maximum Gasteiger partial charge on any atom is 0.148 e. The fraction of sp³-hybridized carbons (Fsp3) is 0.333. The monoisotopic (exact) mass is 139 g/mol. The molecule has 10 heavy (non-hydrogen) atoms. The molecule has 0 bridgehead atoms. The largest absolute Gasteiger partial charge is 0.362 e. The molecule has 0 saturated heterocycles. The number of nitrogens with one attached hydrogen (secondary N) is 1. The van der Waals surface area contributed by atoms with Crippen LogP contribution in [0.2, 0.25) is 0 Å². The van der Waals surface area contributed by atoms with Gasteiger partial charge in [0, 0.05) is 19.3 Å². The number of anilines is 1. The van der Waals surface area contributed by atoms with Crippen molar-refractivity contribution in [3.8, 4) is 0 Å². The van der Waals surface area contributed by atoms with Gasteiger partial charge in [-0.2, -0.15) is 5.10 Å². The highest BCUT2D eigenvalue weighted by molar-refractivity contribution is 5.57. The lowest BCUT2D eigenvalue weighted by atomic mass is 10.6. The molecule has 1 heterocycles. The highest BCUT2D eigenvalue weighted by atomic mass is 16.1. The fourth-order valence-corrected chi connectivity index (χ4v) is 0.656. The molecule has 1 N–H and O–H groups in total. The second kappa shape index (κ2) is 3.00. The van der Waals surface area contributed by atoms with Crippen molar-refractivity contribution in [2.45, 2.75) is 0 Å². The average Bonchev–Trinajstić information content (AvgIpc) is 2.31. The van der Waals surface area contributed by atoms with Gasteiger partial charge in [-0.25, -0.2) is 0 Å². The average molecular weight is 139 g/mol. The molecule has 0 aliphatic rings. The molecule has 0 fully saturated rings. The molecule has 1 aromatic heterocycles. The Kier molecular flexibility index (Phi) is 2.04. The minimum Gasteiger partial charge on any atom is -0.362 e. The third-order valence-electron chi connectivity index (χ3n) is 1.08. The van der Waals surface area contributed by atoms with Crippen LogP contribution in [0.25, 0.3) is 0 Å². The molecule has 0 aromatic carbocycles. The maximum absolute atomic E-state index is 9.89. The summed E-state index contributed by atoms with van der Waals surface area (Å²) < 4.78 is 1.67. The molecule has 0 aliphatic heterocycles. The first-order chi connectivity index (χ1) is 4.83. The lowest BCUT2D eigenvalue weighted by molar-refractivity contribution is -0.106. The quantitative estimate of drug-likeness (QED) is 0.601. The van der Waals surface area contributed by atoms with Crippen molar-refractivity contribution in [3.63, 3.8) is 0 Å².